The molecule has 1 amide bonds. The van der Waals surface area contributed by atoms with Crippen molar-refractivity contribution in [2.24, 2.45) is 0 Å². The van der Waals surface area contributed by atoms with Crippen molar-refractivity contribution in [2.45, 2.75) is 11.8 Å². The highest BCUT2D eigenvalue weighted by Crippen LogP contribution is 2.23. The molecule has 0 aliphatic heterocycles. The lowest BCUT2D eigenvalue weighted by Gasteiger charge is -2.20. The van der Waals surface area contributed by atoms with Gasteiger partial charge in [-0.05, 0) is 28.8 Å². The number of benzene rings is 3. The van der Waals surface area contributed by atoms with Crippen molar-refractivity contribution in [2.75, 3.05) is 12.9 Å². The molecule has 0 aliphatic carbocycles. The van der Waals surface area contributed by atoms with Gasteiger partial charge in [-0.1, -0.05) is 66.7 Å². The number of halogens is 1. The van der Waals surface area contributed by atoms with Crippen molar-refractivity contribution in [3.8, 4) is 5.75 Å². The van der Waals surface area contributed by atoms with Gasteiger partial charge < -0.3 is 10.1 Å². The molecule has 144 valence electrons. The van der Waals surface area contributed by atoms with E-state index in [0.717, 1.165) is 16.7 Å². The maximum Gasteiger partial charge on any atom is 0.230 e. The molecule has 3 nitrogen and oxygen atoms in total. The van der Waals surface area contributed by atoms with Crippen LogP contribution >= 0.6 is 11.8 Å². The Kier molecular flexibility index (Phi) is 7.09. The number of methoxy groups -OCH3 is 1. The van der Waals surface area contributed by atoms with E-state index in [0.29, 0.717) is 11.5 Å². The fourth-order valence-corrected chi connectivity index (χ4v) is 3.70. The van der Waals surface area contributed by atoms with Crippen molar-refractivity contribution in [3.05, 3.63) is 101 Å². The molecule has 0 atom stereocenters. The Balaban J connectivity index is 1.60. The van der Waals surface area contributed by atoms with Crippen molar-refractivity contribution in [1.29, 1.82) is 0 Å². The Hall–Kier alpha value is -2.79. The first kappa shape index (κ1) is 20.0. The van der Waals surface area contributed by atoms with Gasteiger partial charge in [-0.15, -0.1) is 11.8 Å². The second kappa shape index (κ2) is 9.95. The van der Waals surface area contributed by atoms with Crippen molar-refractivity contribution < 1.29 is 13.9 Å². The third kappa shape index (κ3) is 5.36. The molecule has 0 fully saturated rings. The summed E-state index contributed by atoms with van der Waals surface area (Å²) in [5.41, 5.74) is 2.88. The number of ether oxygens (including phenoxy) is 1. The lowest BCUT2D eigenvalue weighted by molar-refractivity contribution is -0.119. The lowest BCUT2D eigenvalue weighted by Crippen LogP contribution is -2.30. The number of carbonyl (C=O) groups is 1. The van der Waals surface area contributed by atoms with Crippen LogP contribution in [0.3, 0.4) is 0 Å². The van der Waals surface area contributed by atoms with Crippen LogP contribution in [0.1, 0.15) is 22.7 Å². The summed E-state index contributed by atoms with van der Waals surface area (Å²) in [6.45, 7) is 0. The molecule has 0 heterocycles. The molecule has 0 radical (unpaired) electrons. The molecular weight excluding hydrogens is 373 g/mol. The van der Waals surface area contributed by atoms with Crippen LogP contribution in [0.15, 0.2) is 78.9 Å². The van der Waals surface area contributed by atoms with E-state index in [2.05, 4.69) is 5.32 Å². The van der Waals surface area contributed by atoms with Crippen molar-refractivity contribution in [1.82, 2.24) is 5.32 Å². The first-order valence-corrected chi connectivity index (χ1v) is 10.1. The van der Waals surface area contributed by atoms with Crippen molar-refractivity contribution >= 4 is 17.7 Å². The molecule has 5 heteroatoms. The van der Waals surface area contributed by atoms with Crippen molar-refractivity contribution in [3.63, 3.8) is 0 Å². The third-order valence-corrected chi connectivity index (χ3v) is 5.29. The zero-order valence-corrected chi connectivity index (χ0v) is 16.4. The van der Waals surface area contributed by atoms with E-state index in [-0.39, 0.29) is 17.7 Å². The number of hydrogen-bond donors (Lipinski definition) is 1. The Morgan fingerprint density at radius 2 is 1.61 bits per heavy atom. The summed E-state index contributed by atoms with van der Waals surface area (Å²) in [5.74, 6) is 0.620. The van der Waals surface area contributed by atoms with Gasteiger partial charge in [0.15, 0.2) is 11.6 Å². The van der Waals surface area contributed by atoms with Gasteiger partial charge in [0, 0.05) is 5.75 Å². The maximum atomic E-state index is 13.8. The SMILES string of the molecule is COc1ccc(CSCC(=O)NC(c2ccccc2)c2ccccc2)cc1F. The van der Waals surface area contributed by atoms with Crippen LogP contribution in [0.2, 0.25) is 0 Å². The Bertz CT molecular complexity index is 863. The van der Waals surface area contributed by atoms with E-state index in [4.69, 9.17) is 4.74 Å². The first-order chi connectivity index (χ1) is 13.7. The fourth-order valence-electron chi connectivity index (χ4n) is 2.91. The highest BCUT2D eigenvalue weighted by atomic mass is 32.2. The first-order valence-electron chi connectivity index (χ1n) is 8.97. The van der Waals surface area contributed by atoms with Gasteiger partial charge >= 0.3 is 0 Å². The van der Waals surface area contributed by atoms with Crippen LogP contribution in [0.25, 0.3) is 0 Å². The number of thioether (sulfide) groups is 1. The number of nitrogens with one attached hydrogen (secondary N) is 1. The summed E-state index contributed by atoms with van der Waals surface area (Å²) >= 11 is 1.45. The molecule has 28 heavy (non-hydrogen) atoms. The largest absolute Gasteiger partial charge is 0.494 e. The average molecular weight is 395 g/mol. The molecule has 3 rings (SSSR count). The minimum Gasteiger partial charge on any atom is -0.494 e. The van der Waals surface area contributed by atoms with Gasteiger partial charge in [-0.25, -0.2) is 4.39 Å². The van der Waals surface area contributed by atoms with E-state index in [1.807, 2.05) is 66.7 Å². The summed E-state index contributed by atoms with van der Waals surface area (Å²) in [7, 11) is 1.44. The van der Waals surface area contributed by atoms with E-state index in [9.17, 15) is 9.18 Å². The van der Waals surface area contributed by atoms with E-state index < -0.39 is 5.82 Å². The normalized spacial score (nSPS) is 10.7. The summed E-state index contributed by atoms with van der Waals surface area (Å²) in [6.07, 6.45) is 0. The minimum absolute atomic E-state index is 0.0586. The van der Waals surface area contributed by atoms with Crippen LogP contribution < -0.4 is 10.1 Å². The van der Waals surface area contributed by atoms with Crippen LogP contribution in [0.4, 0.5) is 4.39 Å². The van der Waals surface area contributed by atoms with Crippen LogP contribution in [0.5, 0.6) is 5.75 Å². The van der Waals surface area contributed by atoms with Gasteiger partial charge in [0.1, 0.15) is 0 Å². The molecule has 0 saturated carbocycles. The second-order valence-electron chi connectivity index (χ2n) is 6.28. The standard InChI is InChI=1S/C23H22FNO2S/c1-27-21-13-12-17(14-20(21)24)15-28-16-22(26)25-23(18-8-4-2-5-9-18)19-10-6-3-7-11-19/h2-14,23H,15-16H2,1H3,(H,25,26). The molecule has 0 unspecified atom stereocenters. The van der Waals surface area contributed by atoms with Crippen LogP contribution in [-0.4, -0.2) is 18.8 Å². The summed E-state index contributed by atoms with van der Waals surface area (Å²) < 4.78 is 18.7. The zero-order chi connectivity index (χ0) is 19.8. The highest BCUT2D eigenvalue weighted by Gasteiger charge is 2.16. The molecule has 0 saturated heterocycles. The third-order valence-electron chi connectivity index (χ3n) is 4.29. The van der Waals surface area contributed by atoms with Crippen LogP contribution in [-0.2, 0) is 10.5 Å². The molecular formula is C23H22FNO2S. The Morgan fingerprint density at radius 1 is 1.00 bits per heavy atom. The predicted octanol–water partition coefficient (Wildman–Crippen LogP) is 4.97. The quantitative estimate of drug-likeness (QED) is 0.585. The second-order valence-corrected chi connectivity index (χ2v) is 7.27. The Labute approximate surface area is 168 Å². The number of rotatable bonds is 8. The molecule has 0 aromatic heterocycles. The molecule has 0 spiro atoms. The number of carbonyl (C=O) groups excluding carboxylic acids is 1. The summed E-state index contributed by atoms with van der Waals surface area (Å²) in [6, 6.07) is 24.4. The lowest BCUT2D eigenvalue weighted by atomic mass is 9.99. The van der Waals surface area contributed by atoms with Gasteiger partial charge in [0.25, 0.3) is 0 Å². The zero-order valence-electron chi connectivity index (χ0n) is 15.6. The molecule has 1 N–H and O–H groups in total. The van der Waals surface area contributed by atoms with Crippen LogP contribution in [0, 0.1) is 5.82 Å². The van der Waals surface area contributed by atoms with Gasteiger partial charge in [-0.3, -0.25) is 4.79 Å². The molecule has 3 aromatic rings. The topological polar surface area (TPSA) is 38.3 Å². The fraction of sp³-hybridized carbons (Fsp3) is 0.174. The van der Waals surface area contributed by atoms with E-state index in [1.165, 1.54) is 24.9 Å². The van der Waals surface area contributed by atoms with E-state index >= 15 is 0 Å². The molecule has 0 aliphatic rings. The number of amides is 1. The predicted molar refractivity (Wildman–Crippen MR) is 112 cm³/mol. The van der Waals surface area contributed by atoms with E-state index in [1.54, 1.807) is 6.07 Å². The van der Waals surface area contributed by atoms with Gasteiger partial charge in [-0.2, -0.15) is 0 Å². The highest BCUT2D eigenvalue weighted by molar-refractivity contribution is 7.99. The molecule has 0 bridgehead atoms. The smallest absolute Gasteiger partial charge is 0.230 e. The van der Waals surface area contributed by atoms with Gasteiger partial charge in [0.2, 0.25) is 5.91 Å². The summed E-state index contributed by atoms with van der Waals surface area (Å²) in [5, 5.41) is 3.11. The summed E-state index contributed by atoms with van der Waals surface area (Å²) in [4.78, 5) is 12.5. The van der Waals surface area contributed by atoms with Gasteiger partial charge in [0.05, 0.1) is 18.9 Å². The number of hydrogen-bond acceptors (Lipinski definition) is 3. The maximum absolute atomic E-state index is 13.8. The Morgan fingerprint density at radius 3 is 2.14 bits per heavy atom. The minimum atomic E-state index is -0.390. The average Bonchev–Trinajstić information content (AvgIpc) is 2.73. The molecule has 3 aromatic carbocycles. The monoisotopic (exact) mass is 395 g/mol.